The van der Waals surface area contributed by atoms with E-state index in [0.29, 0.717) is 28.7 Å². The molecular formula is C15H19ClN2O4S. The molecule has 23 heavy (non-hydrogen) atoms. The molecule has 8 heteroatoms. The fraction of sp³-hybridized carbons (Fsp3) is 0.400. The van der Waals surface area contributed by atoms with Crippen molar-refractivity contribution in [3.05, 3.63) is 29.5 Å². The van der Waals surface area contributed by atoms with Crippen molar-refractivity contribution in [1.82, 2.24) is 8.96 Å². The quantitative estimate of drug-likeness (QED) is 0.793. The minimum Gasteiger partial charge on any atom is -0.490 e. The van der Waals surface area contributed by atoms with Crippen molar-refractivity contribution in [2.24, 2.45) is 0 Å². The third kappa shape index (κ3) is 3.97. The van der Waals surface area contributed by atoms with Gasteiger partial charge < -0.3 is 9.47 Å². The third-order valence-corrected chi connectivity index (χ3v) is 4.18. The van der Waals surface area contributed by atoms with E-state index in [0.717, 1.165) is 10.2 Å². The maximum absolute atomic E-state index is 11.8. The zero-order valence-corrected chi connectivity index (χ0v) is 15.0. The smallest absolute Gasteiger partial charge is 0.237 e. The Morgan fingerprint density at radius 1 is 1.35 bits per heavy atom. The van der Waals surface area contributed by atoms with Crippen LogP contribution in [-0.2, 0) is 10.0 Å². The van der Waals surface area contributed by atoms with Gasteiger partial charge in [0.25, 0.3) is 0 Å². The van der Waals surface area contributed by atoms with Gasteiger partial charge in [-0.1, -0.05) is 11.6 Å². The lowest BCUT2D eigenvalue weighted by Crippen LogP contribution is -2.11. The highest BCUT2D eigenvalue weighted by atomic mass is 35.5. The molecule has 0 radical (unpaired) electrons. The van der Waals surface area contributed by atoms with E-state index >= 15 is 0 Å². The molecule has 1 heterocycles. The van der Waals surface area contributed by atoms with Gasteiger partial charge in [-0.05, 0) is 32.9 Å². The summed E-state index contributed by atoms with van der Waals surface area (Å²) in [4.78, 5) is 4.11. The van der Waals surface area contributed by atoms with Crippen LogP contribution in [0.1, 0.15) is 20.8 Å². The van der Waals surface area contributed by atoms with Gasteiger partial charge in [0.05, 0.1) is 24.0 Å². The van der Waals surface area contributed by atoms with Gasteiger partial charge >= 0.3 is 0 Å². The minimum atomic E-state index is -3.47. The molecule has 126 valence electrons. The zero-order chi connectivity index (χ0) is 17.2. The molecule has 2 aromatic rings. The highest BCUT2D eigenvalue weighted by Gasteiger charge is 2.19. The van der Waals surface area contributed by atoms with Crippen molar-refractivity contribution < 1.29 is 17.9 Å². The maximum Gasteiger partial charge on any atom is 0.237 e. The summed E-state index contributed by atoms with van der Waals surface area (Å²) >= 11 is 6.31. The topological polar surface area (TPSA) is 70.4 Å². The summed E-state index contributed by atoms with van der Waals surface area (Å²) in [6.45, 7) is 6.04. The Bertz CT molecular complexity index is 800. The summed E-state index contributed by atoms with van der Waals surface area (Å²) in [7, 11) is -3.47. The summed E-state index contributed by atoms with van der Waals surface area (Å²) < 4.78 is 36.0. The van der Waals surface area contributed by atoms with Gasteiger partial charge in [0, 0.05) is 18.0 Å². The second kappa shape index (κ2) is 6.80. The molecule has 0 N–H and O–H groups in total. The van der Waals surface area contributed by atoms with Gasteiger partial charge in [-0.25, -0.2) is 17.4 Å². The van der Waals surface area contributed by atoms with E-state index in [-0.39, 0.29) is 11.9 Å². The molecule has 0 amide bonds. The molecule has 0 fully saturated rings. The van der Waals surface area contributed by atoms with Crippen LogP contribution in [0.2, 0.25) is 5.02 Å². The van der Waals surface area contributed by atoms with Crippen molar-refractivity contribution in [1.29, 1.82) is 0 Å². The number of benzene rings is 1. The van der Waals surface area contributed by atoms with Crippen molar-refractivity contribution in [2.75, 3.05) is 12.9 Å². The number of halogens is 1. The van der Waals surface area contributed by atoms with E-state index < -0.39 is 10.0 Å². The van der Waals surface area contributed by atoms with Crippen LogP contribution in [0.3, 0.4) is 0 Å². The number of nitrogens with zero attached hydrogens (tertiary/aromatic N) is 2. The molecule has 0 unspecified atom stereocenters. The average molecular weight is 359 g/mol. The van der Waals surface area contributed by atoms with Gasteiger partial charge in [0.2, 0.25) is 10.0 Å². The second-order valence-electron chi connectivity index (χ2n) is 5.19. The zero-order valence-electron chi connectivity index (χ0n) is 13.4. The highest BCUT2D eigenvalue weighted by molar-refractivity contribution is 7.89. The number of aromatic nitrogens is 2. The first-order valence-electron chi connectivity index (χ1n) is 7.11. The molecule has 0 bridgehead atoms. The molecule has 2 rings (SSSR count). The first-order chi connectivity index (χ1) is 10.7. The number of hydrogen-bond donors (Lipinski definition) is 0. The van der Waals surface area contributed by atoms with Crippen LogP contribution in [0.15, 0.2) is 24.5 Å². The van der Waals surface area contributed by atoms with Crippen LogP contribution in [0.25, 0.3) is 11.4 Å². The molecule has 0 aliphatic rings. The summed E-state index contributed by atoms with van der Waals surface area (Å²) in [5.74, 6) is 1.16. The molecule has 0 spiro atoms. The summed E-state index contributed by atoms with van der Waals surface area (Å²) in [6, 6.07) is 3.29. The molecule has 0 atom stereocenters. The Labute approximate surface area is 141 Å². The summed E-state index contributed by atoms with van der Waals surface area (Å²) in [5.41, 5.74) is 0.532. The lowest BCUT2D eigenvalue weighted by Gasteiger charge is -2.17. The lowest BCUT2D eigenvalue weighted by atomic mass is 10.2. The van der Waals surface area contributed by atoms with Gasteiger partial charge in [-0.2, -0.15) is 0 Å². The predicted octanol–water partition coefficient (Wildman–Crippen LogP) is 3.20. The molecular weight excluding hydrogens is 340 g/mol. The van der Waals surface area contributed by atoms with Crippen molar-refractivity contribution >= 4 is 21.6 Å². The van der Waals surface area contributed by atoms with E-state index in [9.17, 15) is 8.42 Å². The normalized spacial score (nSPS) is 11.7. The summed E-state index contributed by atoms with van der Waals surface area (Å²) in [6.07, 6.45) is 3.84. The third-order valence-electron chi connectivity index (χ3n) is 2.89. The molecule has 0 aliphatic carbocycles. The molecule has 1 aromatic heterocycles. The van der Waals surface area contributed by atoms with Crippen LogP contribution in [0.5, 0.6) is 11.5 Å². The van der Waals surface area contributed by atoms with Crippen molar-refractivity contribution in [3.63, 3.8) is 0 Å². The largest absolute Gasteiger partial charge is 0.490 e. The molecule has 1 aromatic carbocycles. The van der Waals surface area contributed by atoms with Gasteiger partial charge in [-0.3, -0.25) is 0 Å². The Balaban J connectivity index is 2.60. The Morgan fingerprint density at radius 2 is 2.04 bits per heavy atom. The van der Waals surface area contributed by atoms with E-state index in [1.54, 1.807) is 12.1 Å². The number of imidazole rings is 1. The predicted molar refractivity (Wildman–Crippen MR) is 89.8 cm³/mol. The first-order valence-corrected chi connectivity index (χ1v) is 9.34. The standard InChI is InChI=1S/C15H19ClN2O4S/c1-5-21-13-9-11(8-12(16)14(13)22-10(2)3)15-17-6-7-18(15)23(4,19)20/h6-10H,5H2,1-4H3. The van der Waals surface area contributed by atoms with E-state index in [1.165, 1.54) is 12.4 Å². The van der Waals surface area contributed by atoms with Crippen LogP contribution in [0, 0.1) is 0 Å². The SMILES string of the molecule is CCOc1cc(-c2nccn2S(C)(=O)=O)cc(Cl)c1OC(C)C. The minimum absolute atomic E-state index is 0.0736. The summed E-state index contributed by atoms with van der Waals surface area (Å²) in [5, 5.41) is 0.336. The average Bonchev–Trinajstić information content (AvgIpc) is 2.91. The molecule has 0 saturated heterocycles. The fourth-order valence-electron chi connectivity index (χ4n) is 2.07. The molecule has 0 aliphatic heterocycles. The van der Waals surface area contributed by atoms with Crippen LogP contribution < -0.4 is 9.47 Å². The number of ether oxygens (including phenoxy) is 2. The molecule has 6 nitrogen and oxygen atoms in total. The fourth-order valence-corrected chi connectivity index (χ4v) is 3.07. The Kier molecular flexibility index (Phi) is 5.21. The Hall–Kier alpha value is -1.73. The van der Waals surface area contributed by atoms with Crippen LogP contribution in [-0.4, -0.2) is 36.3 Å². The Morgan fingerprint density at radius 3 is 2.61 bits per heavy atom. The van der Waals surface area contributed by atoms with E-state index in [1.807, 2.05) is 20.8 Å². The second-order valence-corrected chi connectivity index (χ2v) is 7.46. The maximum atomic E-state index is 11.8. The first kappa shape index (κ1) is 17.6. The highest BCUT2D eigenvalue weighted by Crippen LogP contribution is 2.40. The van der Waals surface area contributed by atoms with Crippen LogP contribution in [0.4, 0.5) is 0 Å². The van der Waals surface area contributed by atoms with Crippen molar-refractivity contribution in [2.45, 2.75) is 26.9 Å². The number of hydrogen-bond acceptors (Lipinski definition) is 5. The van der Waals surface area contributed by atoms with Gasteiger partial charge in [-0.15, -0.1) is 0 Å². The van der Waals surface area contributed by atoms with Crippen LogP contribution >= 0.6 is 11.6 Å². The van der Waals surface area contributed by atoms with Crippen molar-refractivity contribution in [3.8, 4) is 22.9 Å². The molecule has 0 saturated carbocycles. The number of rotatable bonds is 6. The van der Waals surface area contributed by atoms with E-state index in [2.05, 4.69) is 4.98 Å². The van der Waals surface area contributed by atoms with Gasteiger partial charge in [0.1, 0.15) is 0 Å². The van der Waals surface area contributed by atoms with Gasteiger partial charge in [0.15, 0.2) is 17.3 Å². The monoisotopic (exact) mass is 358 g/mol. The lowest BCUT2D eigenvalue weighted by molar-refractivity contribution is 0.224. The van der Waals surface area contributed by atoms with E-state index in [4.69, 9.17) is 21.1 Å².